The summed E-state index contributed by atoms with van der Waals surface area (Å²) in [5.74, 6) is -0.505. The Hall–Kier alpha value is -2.28. The first-order valence-electron chi connectivity index (χ1n) is 7.13. The van der Waals surface area contributed by atoms with Crippen LogP contribution < -0.4 is 5.73 Å². The Kier molecular flexibility index (Phi) is 4.15. The predicted octanol–water partition coefficient (Wildman–Crippen LogP) is 2.00. The molecule has 2 amide bonds. The maximum atomic E-state index is 12.7. The quantitative estimate of drug-likeness (QED) is 0.938. The number of hydrogen-bond acceptors (Lipinski definition) is 5. The zero-order valence-electron chi connectivity index (χ0n) is 11.9. The zero-order chi connectivity index (χ0) is 15.5. The van der Waals surface area contributed by atoms with Gasteiger partial charge in [0, 0.05) is 24.5 Å². The van der Waals surface area contributed by atoms with Gasteiger partial charge in [0.2, 0.25) is 0 Å². The molecule has 1 aliphatic heterocycles. The second-order valence-electron chi connectivity index (χ2n) is 5.17. The van der Waals surface area contributed by atoms with Crippen molar-refractivity contribution in [2.45, 2.75) is 25.3 Å². The molecule has 1 saturated heterocycles. The number of piperidine rings is 1. The number of carbonyl (C=O) groups is 2. The molecule has 22 heavy (non-hydrogen) atoms. The molecule has 2 N–H and O–H groups in total. The molecule has 114 valence electrons. The van der Waals surface area contributed by atoms with E-state index in [2.05, 4.69) is 9.97 Å². The van der Waals surface area contributed by atoms with Crippen molar-refractivity contribution in [2.24, 2.45) is 5.73 Å². The van der Waals surface area contributed by atoms with E-state index in [1.54, 1.807) is 24.5 Å². The van der Waals surface area contributed by atoms with Gasteiger partial charge in [-0.05, 0) is 31.4 Å². The average Bonchev–Trinajstić information content (AvgIpc) is 3.05. The minimum absolute atomic E-state index is 0.0251. The van der Waals surface area contributed by atoms with Gasteiger partial charge in [-0.2, -0.15) is 0 Å². The van der Waals surface area contributed by atoms with E-state index in [1.807, 2.05) is 4.90 Å². The van der Waals surface area contributed by atoms with E-state index < -0.39 is 5.91 Å². The molecule has 0 aliphatic carbocycles. The highest BCUT2D eigenvalue weighted by atomic mass is 32.1. The van der Waals surface area contributed by atoms with Crippen molar-refractivity contribution in [1.29, 1.82) is 0 Å². The number of nitrogens with zero attached hydrogens (tertiary/aromatic N) is 3. The van der Waals surface area contributed by atoms with Gasteiger partial charge in [0.25, 0.3) is 11.8 Å². The molecule has 3 heterocycles. The summed E-state index contributed by atoms with van der Waals surface area (Å²) in [4.78, 5) is 34.4. The molecule has 0 saturated carbocycles. The molecular weight excluding hydrogens is 300 g/mol. The van der Waals surface area contributed by atoms with Gasteiger partial charge in [-0.25, -0.2) is 4.98 Å². The van der Waals surface area contributed by atoms with Crippen LogP contribution in [-0.4, -0.2) is 33.2 Å². The van der Waals surface area contributed by atoms with Crippen LogP contribution in [0.3, 0.4) is 0 Å². The molecule has 1 atom stereocenters. The molecule has 0 spiro atoms. The lowest BCUT2D eigenvalue weighted by Crippen LogP contribution is -2.38. The topological polar surface area (TPSA) is 89.2 Å². The number of likely N-dealkylation sites (tertiary alicyclic amines) is 1. The van der Waals surface area contributed by atoms with Crippen molar-refractivity contribution in [3.8, 4) is 0 Å². The SMILES string of the molecule is NC(=O)c1cnc([C@@H]2CCCCN2C(=O)c2ccncc2)s1. The van der Waals surface area contributed by atoms with Crippen LogP contribution in [0.5, 0.6) is 0 Å². The molecule has 0 bridgehead atoms. The van der Waals surface area contributed by atoms with Crippen molar-refractivity contribution < 1.29 is 9.59 Å². The molecule has 0 radical (unpaired) electrons. The first-order valence-corrected chi connectivity index (χ1v) is 7.95. The second-order valence-corrected chi connectivity index (χ2v) is 6.24. The van der Waals surface area contributed by atoms with Crippen LogP contribution in [0.25, 0.3) is 0 Å². The number of pyridine rings is 1. The van der Waals surface area contributed by atoms with E-state index in [1.165, 1.54) is 17.5 Å². The van der Waals surface area contributed by atoms with E-state index in [9.17, 15) is 9.59 Å². The zero-order valence-corrected chi connectivity index (χ0v) is 12.8. The average molecular weight is 316 g/mol. The third kappa shape index (κ3) is 2.85. The summed E-state index contributed by atoms with van der Waals surface area (Å²) >= 11 is 1.27. The molecule has 0 aromatic carbocycles. The lowest BCUT2D eigenvalue weighted by atomic mass is 10.0. The monoisotopic (exact) mass is 316 g/mol. The Morgan fingerprint density at radius 3 is 2.73 bits per heavy atom. The largest absolute Gasteiger partial charge is 0.365 e. The molecule has 1 fully saturated rings. The Morgan fingerprint density at radius 1 is 1.27 bits per heavy atom. The summed E-state index contributed by atoms with van der Waals surface area (Å²) in [6.07, 6.45) is 7.58. The summed E-state index contributed by atoms with van der Waals surface area (Å²) in [7, 11) is 0. The van der Waals surface area contributed by atoms with Crippen LogP contribution >= 0.6 is 11.3 Å². The number of thiazole rings is 1. The number of rotatable bonds is 3. The van der Waals surface area contributed by atoms with Gasteiger partial charge >= 0.3 is 0 Å². The third-order valence-corrected chi connectivity index (χ3v) is 4.86. The molecule has 2 aromatic rings. The third-order valence-electron chi connectivity index (χ3n) is 3.74. The van der Waals surface area contributed by atoms with Crippen LogP contribution in [0.15, 0.2) is 30.7 Å². The highest BCUT2D eigenvalue weighted by molar-refractivity contribution is 7.13. The van der Waals surface area contributed by atoms with Gasteiger partial charge in [-0.15, -0.1) is 11.3 Å². The molecular formula is C15H16N4O2S. The number of hydrogen-bond donors (Lipinski definition) is 1. The van der Waals surface area contributed by atoms with Crippen molar-refractivity contribution >= 4 is 23.2 Å². The second kappa shape index (κ2) is 6.23. The Labute approximate surface area is 132 Å². The number of nitrogens with two attached hydrogens (primary N) is 1. The predicted molar refractivity (Wildman–Crippen MR) is 82.5 cm³/mol. The molecule has 1 aliphatic rings. The fourth-order valence-corrected chi connectivity index (χ4v) is 3.57. The Balaban J connectivity index is 1.87. The van der Waals surface area contributed by atoms with Gasteiger partial charge < -0.3 is 10.6 Å². The van der Waals surface area contributed by atoms with Crippen LogP contribution in [0.2, 0.25) is 0 Å². The standard InChI is InChI=1S/C15H16N4O2S/c16-13(20)12-9-18-14(22-12)11-3-1-2-8-19(11)15(21)10-4-6-17-7-5-10/h4-7,9,11H,1-3,8H2,(H2,16,20)/t11-/m0/s1. The van der Waals surface area contributed by atoms with Crippen LogP contribution in [-0.2, 0) is 0 Å². The fraction of sp³-hybridized carbons (Fsp3) is 0.333. The minimum Gasteiger partial charge on any atom is -0.365 e. The van der Waals surface area contributed by atoms with Gasteiger partial charge in [-0.1, -0.05) is 0 Å². The first kappa shape index (κ1) is 14.6. The lowest BCUT2D eigenvalue weighted by molar-refractivity contribution is 0.0611. The van der Waals surface area contributed by atoms with Crippen LogP contribution in [0.4, 0.5) is 0 Å². The summed E-state index contributed by atoms with van der Waals surface area (Å²) in [6.45, 7) is 0.692. The molecule has 0 unspecified atom stereocenters. The summed E-state index contributed by atoms with van der Waals surface area (Å²) in [6, 6.07) is 3.34. The maximum Gasteiger partial charge on any atom is 0.260 e. The van der Waals surface area contributed by atoms with E-state index in [4.69, 9.17) is 5.73 Å². The fourth-order valence-electron chi connectivity index (χ4n) is 2.65. The van der Waals surface area contributed by atoms with Crippen molar-refractivity contribution in [3.63, 3.8) is 0 Å². The van der Waals surface area contributed by atoms with E-state index in [-0.39, 0.29) is 11.9 Å². The summed E-state index contributed by atoms with van der Waals surface area (Å²) in [5.41, 5.74) is 5.91. The lowest BCUT2D eigenvalue weighted by Gasteiger charge is -2.34. The van der Waals surface area contributed by atoms with Gasteiger partial charge in [0.05, 0.1) is 12.2 Å². The highest BCUT2D eigenvalue weighted by Gasteiger charge is 2.31. The molecule has 7 heteroatoms. The minimum atomic E-state index is -0.480. The normalized spacial score (nSPS) is 18.2. The number of primary amides is 1. The van der Waals surface area contributed by atoms with E-state index in [0.717, 1.165) is 24.3 Å². The van der Waals surface area contributed by atoms with Gasteiger partial charge in [0.15, 0.2) is 0 Å². The first-order chi connectivity index (χ1) is 10.7. The van der Waals surface area contributed by atoms with Crippen molar-refractivity contribution in [3.05, 3.63) is 46.2 Å². The highest BCUT2D eigenvalue weighted by Crippen LogP contribution is 2.34. The van der Waals surface area contributed by atoms with Crippen LogP contribution in [0.1, 0.15) is 50.3 Å². The molecule has 6 nitrogen and oxygen atoms in total. The van der Waals surface area contributed by atoms with Crippen molar-refractivity contribution in [2.75, 3.05) is 6.54 Å². The maximum absolute atomic E-state index is 12.7. The molecule has 2 aromatic heterocycles. The number of aromatic nitrogens is 2. The Morgan fingerprint density at radius 2 is 2.05 bits per heavy atom. The number of amides is 2. The van der Waals surface area contributed by atoms with Crippen molar-refractivity contribution in [1.82, 2.24) is 14.9 Å². The van der Waals surface area contributed by atoms with E-state index >= 15 is 0 Å². The smallest absolute Gasteiger partial charge is 0.260 e. The Bertz CT molecular complexity index is 686. The van der Waals surface area contributed by atoms with E-state index in [0.29, 0.717) is 17.0 Å². The van der Waals surface area contributed by atoms with Gasteiger partial charge in [-0.3, -0.25) is 14.6 Å². The van der Waals surface area contributed by atoms with Gasteiger partial charge in [0.1, 0.15) is 9.88 Å². The summed E-state index contributed by atoms with van der Waals surface area (Å²) in [5, 5.41) is 0.774. The molecule has 3 rings (SSSR count). The van der Waals surface area contributed by atoms with Crippen LogP contribution in [0, 0.1) is 0 Å². The number of carbonyl (C=O) groups excluding carboxylic acids is 2. The summed E-state index contributed by atoms with van der Waals surface area (Å²) < 4.78 is 0.